The monoisotopic (exact) mass is 386 g/mol. The molecule has 96 valence electrons. The first-order valence-electron chi connectivity index (χ1n) is 4.49. The van der Waals surface area contributed by atoms with Gasteiger partial charge in [0.05, 0.1) is 0 Å². The lowest BCUT2D eigenvalue weighted by Gasteiger charge is -2.70. The maximum absolute atomic E-state index is 5.57. The molecule has 0 spiro atoms. The Morgan fingerprint density at radius 3 is 1.61 bits per heavy atom. The van der Waals surface area contributed by atoms with Crippen molar-refractivity contribution in [1.82, 2.24) is 9.97 Å². The zero-order valence-corrected chi connectivity index (χ0v) is 15.1. The van der Waals surface area contributed by atoms with Crippen molar-refractivity contribution in [3.63, 3.8) is 0 Å². The molecule has 0 amide bonds. The highest BCUT2D eigenvalue weighted by Gasteiger charge is 2.43. The third kappa shape index (κ3) is 1.93. The molecule has 0 atom stereocenters. The van der Waals surface area contributed by atoms with Gasteiger partial charge >= 0.3 is 0 Å². The first kappa shape index (κ1) is 13.8. The van der Waals surface area contributed by atoms with Gasteiger partial charge in [-0.1, -0.05) is 23.6 Å². The molecule has 1 saturated heterocycles. The number of rotatable bonds is 2. The lowest BCUT2D eigenvalue weighted by molar-refractivity contribution is 1.32. The summed E-state index contributed by atoms with van der Waals surface area (Å²) in [6, 6.07) is 0. The predicted octanol–water partition coefficient (Wildman–Crippen LogP) is 3.47. The highest BCUT2D eigenvalue weighted by Crippen LogP contribution is 2.86. The van der Waals surface area contributed by atoms with Crippen molar-refractivity contribution in [2.75, 3.05) is 8.88 Å². The van der Waals surface area contributed by atoms with Gasteiger partial charge in [-0.3, -0.25) is 8.88 Å². The van der Waals surface area contributed by atoms with Crippen molar-refractivity contribution in [2.45, 2.75) is 0 Å². The van der Waals surface area contributed by atoms with E-state index in [2.05, 4.69) is 9.97 Å². The van der Waals surface area contributed by atoms with Crippen LogP contribution in [-0.4, -0.2) is 9.97 Å². The van der Waals surface area contributed by atoms with Crippen LogP contribution in [0.5, 0.6) is 0 Å². The van der Waals surface area contributed by atoms with Crippen LogP contribution in [0.3, 0.4) is 0 Å². The van der Waals surface area contributed by atoms with Gasteiger partial charge in [0.2, 0.25) is 0 Å². The zero-order valence-electron chi connectivity index (χ0n) is 8.44. The molecule has 18 heavy (non-hydrogen) atoms. The topological polar surface area (TPSA) is 32.3 Å². The van der Waals surface area contributed by atoms with Crippen molar-refractivity contribution < 1.29 is 0 Å². The van der Waals surface area contributed by atoms with E-state index in [1.807, 2.05) is 19.6 Å². The van der Waals surface area contributed by atoms with Gasteiger partial charge < -0.3 is 24.5 Å². The summed E-state index contributed by atoms with van der Waals surface area (Å²) in [5.41, 5.74) is -4.73. The van der Waals surface area contributed by atoms with Crippen LogP contribution in [0.2, 0.25) is 0 Å². The van der Waals surface area contributed by atoms with Crippen LogP contribution in [0.4, 0.5) is 10.3 Å². The quantitative estimate of drug-likeness (QED) is 0.573. The number of aromatic nitrogens is 2. The van der Waals surface area contributed by atoms with E-state index in [1.165, 1.54) is 22.7 Å². The van der Waals surface area contributed by atoms with Crippen LogP contribution in [-0.2, 0) is 48.1 Å². The van der Waals surface area contributed by atoms with Crippen LogP contribution >= 0.6 is 33.8 Å². The van der Waals surface area contributed by atoms with Crippen molar-refractivity contribution in [3.8, 4) is 0 Å². The summed E-state index contributed by atoms with van der Waals surface area (Å²) in [5.74, 6) is 0. The third-order valence-electron chi connectivity index (χ3n) is 2.14. The molecule has 3 heterocycles. The van der Waals surface area contributed by atoms with Crippen molar-refractivity contribution in [3.05, 3.63) is 23.2 Å². The molecule has 2 aromatic heterocycles. The second-order valence-electron chi connectivity index (χ2n) is 3.19. The van der Waals surface area contributed by atoms with E-state index in [-0.39, 0.29) is 0 Å². The molecule has 0 aliphatic carbocycles. The summed E-state index contributed by atoms with van der Waals surface area (Å²) >= 11 is 25.2. The number of nitrogens with zero attached hydrogens (tertiary/aromatic N) is 4. The average Bonchev–Trinajstić information content (AvgIpc) is 2.88. The molecule has 1 aliphatic rings. The van der Waals surface area contributed by atoms with Gasteiger partial charge in [0.1, 0.15) is 0 Å². The van der Waals surface area contributed by atoms with Gasteiger partial charge in [0.15, 0.2) is 10.3 Å². The van der Waals surface area contributed by atoms with E-state index >= 15 is 0 Å². The normalized spacial score (nSPS) is 31.4. The van der Waals surface area contributed by atoms with Gasteiger partial charge in [0, 0.05) is 34.2 Å². The van der Waals surface area contributed by atoms with Gasteiger partial charge in [-0.2, -0.15) is 0 Å². The summed E-state index contributed by atoms with van der Waals surface area (Å²) in [7, 11) is 0. The van der Waals surface area contributed by atoms with Crippen LogP contribution in [0, 0.1) is 0 Å². The van der Waals surface area contributed by atoms with E-state index in [1.54, 1.807) is 12.4 Å². The second kappa shape index (κ2) is 4.70. The first-order chi connectivity index (χ1) is 8.45. The van der Waals surface area contributed by atoms with Gasteiger partial charge in [0.25, 0.3) is 0 Å². The minimum absolute atomic E-state index is 0.750. The third-order valence-corrected chi connectivity index (χ3v) is 16.8. The summed E-state index contributed by atoms with van der Waals surface area (Å²) < 4.78 is 3.67. The average molecular weight is 386 g/mol. The van der Waals surface area contributed by atoms with Gasteiger partial charge in [-0.25, -0.2) is 9.97 Å². The molecule has 12 heteroatoms. The molecule has 0 N–H and O–H groups in total. The number of anilines is 2. The van der Waals surface area contributed by atoms with Crippen LogP contribution in [0.15, 0.2) is 23.2 Å². The number of hydrogen-bond donors (Lipinski definition) is 0. The largest absolute Gasteiger partial charge is 0.704 e. The van der Waals surface area contributed by atoms with Crippen LogP contribution in [0.1, 0.15) is 0 Å². The molecule has 1 aliphatic heterocycles. The predicted molar refractivity (Wildman–Crippen MR) is 92.5 cm³/mol. The molecule has 4 nitrogen and oxygen atoms in total. The summed E-state index contributed by atoms with van der Waals surface area (Å²) in [4.78, 5) is 8.47. The highest BCUT2D eigenvalue weighted by atomic mass is 32.9. The lowest BCUT2D eigenvalue weighted by Crippen LogP contribution is -2.40. The molecule has 0 radical (unpaired) electrons. The molecule has 0 aromatic carbocycles. The summed E-state index contributed by atoms with van der Waals surface area (Å²) in [5, 5.41) is 5.24. The SMILES string of the molecule is S=P1([S-])N(c2nccs2)P(=S)([S-])N1c1nccs1. The van der Waals surface area contributed by atoms with E-state index in [0.29, 0.717) is 0 Å². The molecular weight excluding hydrogens is 382 g/mol. The lowest BCUT2D eigenvalue weighted by atomic mass is 11.0. The van der Waals surface area contributed by atoms with E-state index in [9.17, 15) is 0 Å². The maximum Gasteiger partial charge on any atom is 0.192 e. The Morgan fingerprint density at radius 1 is 0.944 bits per heavy atom. The Hall–Kier alpha value is 0.860. The fourth-order valence-corrected chi connectivity index (χ4v) is 22.5. The number of thiazole rings is 2. The summed E-state index contributed by atoms with van der Waals surface area (Å²) in [6.07, 6.45) is 3.42. The van der Waals surface area contributed by atoms with E-state index < -0.39 is 11.1 Å². The minimum atomic E-state index is -2.37. The molecule has 3 rings (SSSR count). The Bertz CT molecular complexity index is 579. The van der Waals surface area contributed by atoms with E-state index in [4.69, 9.17) is 48.1 Å². The van der Waals surface area contributed by atoms with Crippen molar-refractivity contribution >= 4 is 92.1 Å². The Morgan fingerprint density at radius 2 is 1.33 bits per heavy atom. The fourth-order valence-electron chi connectivity index (χ4n) is 1.48. The smallest absolute Gasteiger partial charge is 0.192 e. The molecule has 0 saturated carbocycles. The van der Waals surface area contributed by atoms with Crippen molar-refractivity contribution in [2.24, 2.45) is 0 Å². The minimum Gasteiger partial charge on any atom is -0.704 e. The Kier molecular flexibility index (Phi) is 3.61. The Balaban J connectivity index is 2.08. The molecule has 2 aromatic rings. The highest BCUT2D eigenvalue weighted by molar-refractivity contribution is 8.73. The molecular formula is C6H4N4P2S6-2. The molecule has 1 fully saturated rings. The van der Waals surface area contributed by atoms with Crippen LogP contribution in [0.25, 0.3) is 0 Å². The van der Waals surface area contributed by atoms with E-state index in [0.717, 1.165) is 10.3 Å². The standard InChI is InChI=1S/C6H6N4P2S6/c13-11(14)9(5-7-1-3-17-5)12(15,16)10(11)6-8-2-4-18-6/h1-4H,(H,13,14)(H,15,16)/p-2. The summed E-state index contributed by atoms with van der Waals surface area (Å²) in [6.45, 7) is 0. The second-order valence-corrected chi connectivity index (χ2v) is 16.6. The molecule has 0 bridgehead atoms. The van der Waals surface area contributed by atoms with Gasteiger partial charge in [-0.05, 0) is 0 Å². The van der Waals surface area contributed by atoms with Crippen LogP contribution < -0.4 is 8.88 Å². The fraction of sp³-hybridized carbons (Fsp3) is 0. The molecule has 0 unspecified atom stereocenters. The van der Waals surface area contributed by atoms with Crippen molar-refractivity contribution in [1.29, 1.82) is 0 Å². The number of hydrogen-bond acceptors (Lipinski definition) is 8. The maximum atomic E-state index is 5.57. The first-order valence-corrected chi connectivity index (χ1v) is 13.7. The zero-order chi connectivity index (χ0) is 13.0. The van der Waals surface area contributed by atoms with Gasteiger partial charge in [-0.15, -0.1) is 22.7 Å². The Labute approximate surface area is 133 Å².